The van der Waals surface area contributed by atoms with Gasteiger partial charge in [0.1, 0.15) is 17.5 Å². The van der Waals surface area contributed by atoms with Crippen molar-refractivity contribution in [3.05, 3.63) is 33.8 Å². The highest BCUT2D eigenvalue weighted by atomic mass is 35.5. The monoisotopic (exact) mass is 347 g/mol. The highest BCUT2D eigenvalue weighted by molar-refractivity contribution is 7.19. The number of nitriles is 1. The molecule has 0 fully saturated rings. The van der Waals surface area contributed by atoms with Gasteiger partial charge in [-0.2, -0.15) is 5.26 Å². The van der Waals surface area contributed by atoms with E-state index in [0.717, 1.165) is 15.4 Å². The molecule has 8 heteroatoms. The van der Waals surface area contributed by atoms with Crippen LogP contribution in [0, 0.1) is 18.3 Å². The maximum absolute atomic E-state index is 9.36. The Morgan fingerprint density at radius 2 is 2.00 bits per heavy atom. The Hall–Kier alpha value is -2.14. The van der Waals surface area contributed by atoms with Crippen LogP contribution in [0.3, 0.4) is 0 Å². The molecular formula is C14H10ClN5S2. The number of anilines is 2. The van der Waals surface area contributed by atoms with Gasteiger partial charge >= 0.3 is 0 Å². The second-order valence-electron chi connectivity index (χ2n) is 4.50. The molecule has 3 heterocycles. The molecule has 0 atom stereocenters. The number of hydrogen-bond donors (Lipinski definition) is 2. The molecule has 0 unspecified atom stereocenters. The van der Waals surface area contributed by atoms with E-state index in [1.54, 1.807) is 6.07 Å². The molecule has 0 radical (unpaired) electrons. The Bertz CT molecular complexity index is 907. The van der Waals surface area contributed by atoms with Gasteiger partial charge in [-0.1, -0.05) is 22.9 Å². The van der Waals surface area contributed by atoms with Crippen LogP contribution in [-0.2, 0) is 0 Å². The number of nitrogens with zero attached hydrogens (tertiary/aromatic N) is 3. The van der Waals surface area contributed by atoms with Crippen molar-refractivity contribution in [2.75, 3.05) is 11.5 Å². The van der Waals surface area contributed by atoms with Crippen LogP contribution in [0.1, 0.15) is 11.3 Å². The van der Waals surface area contributed by atoms with Crippen molar-refractivity contribution in [2.45, 2.75) is 6.92 Å². The van der Waals surface area contributed by atoms with Crippen molar-refractivity contribution in [3.63, 3.8) is 0 Å². The molecule has 0 aliphatic heterocycles. The fraction of sp³-hybridized carbons (Fsp3) is 0.0714. The van der Waals surface area contributed by atoms with Gasteiger partial charge < -0.3 is 11.5 Å². The van der Waals surface area contributed by atoms with E-state index >= 15 is 0 Å². The average Bonchev–Trinajstić information content (AvgIpc) is 3.03. The van der Waals surface area contributed by atoms with Crippen molar-refractivity contribution < 1.29 is 0 Å². The van der Waals surface area contributed by atoms with Gasteiger partial charge in [0.15, 0.2) is 5.13 Å². The Kier molecular flexibility index (Phi) is 3.74. The first-order valence-electron chi connectivity index (χ1n) is 6.19. The lowest BCUT2D eigenvalue weighted by atomic mass is 10.1. The van der Waals surface area contributed by atoms with Crippen molar-refractivity contribution >= 4 is 45.2 Å². The fourth-order valence-electron chi connectivity index (χ4n) is 2.11. The molecule has 0 saturated heterocycles. The van der Waals surface area contributed by atoms with Gasteiger partial charge in [0.2, 0.25) is 0 Å². The molecule has 3 aromatic heterocycles. The van der Waals surface area contributed by atoms with Crippen molar-refractivity contribution in [1.29, 1.82) is 5.26 Å². The van der Waals surface area contributed by atoms with Crippen LogP contribution in [0.15, 0.2) is 18.2 Å². The summed E-state index contributed by atoms with van der Waals surface area (Å²) in [6.07, 6.45) is 0. The minimum Gasteiger partial charge on any atom is -0.383 e. The number of pyridine rings is 1. The van der Waals surface area contributed by atoms with E-state index in [0.29, 0.717) is 26.3 Å². The Morgan fingerprint density at radius 3 is 2.55 bits per heavy atom. The summed E-state index contributed by atoms with van der Waals surface area (Å²) < 4.78 is 0.647. The van der Waals surface area contributed by atoms with E-state index in [1.807, 2.05) is 19.1 Å². The van der Waals surface area contributed by atoms with E-state index in [1.165, 1.54) is 22.7 Å². The molecule has 5 nitrogen and oxygen atoms in total. The van der Waals surface area contributed by atoms with Crippen LogP contribution in [-0.4, -0.2) is 9.97 Å². The summed E-state index contributed by atoms with van der Waals surface area (Å²) in [6.45, 7) is 1.86. The zero-order valence-corrected chi connectivity index (χ0v) is 13.8. The van der Waals surface area contributed by atoms with E-state index in [-0.39, 0.29) is 5.82 Å². The Morgan fingerprint density at radius 1 is 1.23 bits per heavy atom. The second-order valence-corrected chi connectivity index (χ2v) is 7.24. The molecule has 3 aromatic rings. The minimum atomic E-state index is 0.186. The first kappa shape index (κ1) is 14.8. The number of aromatic nitrogens is 2. The number of halogens is 1. The Labute approximate surface area is 139 Å². The van der Waals surface area contributed by atoms with Crippen molar-refractivity contribution in [3.8, 4) is 27.1 Å². The smallest absolute Gasteiger partial charge is 0.180 e. The molecule has 3 rings (SSSR count). The number of aryl methyl sites for hydroxylation is 1. The van der Waals surface area contributed by atoms with E-state index < -0.39 is 0 Å². The van der Waals surface area contributed by atoms with Gasteiger partial charge in [0.05, 0.1) is 20.6 Å². The number of hydrogen-bond acceptors (Lipinski definition) is 7. The standard InChI is InChI=1S/C14H10ClN5S2/c1-6-12(22-14(18)19-6)9-4-7(8(5-16)13(17)20-9)10-2-3-11(15)21-10/h2-4H,1H3,(H2,17,20)(H2,18,19). The van der Waals surface area contributed by atoms with Crippen LogP contribution in [0.2, 0.25) is 4.34 Å². The second kappa shape index (κ2) is 5.57. The number of nitrogens with two attached hydrogens (primary N) is 2. The highest BCUT2D eigenvalue weighted by Crippen LogP contribution is 2.38. The summed E-state index contributed by atoms with van der Waals surface area (Å²) in [5.41, 5.74) is 14.2. The van der Waals surface area contributed by atoms with Crippen LogP contribution in [0.4, 0.5) is 10.9 Å². The normalized spacial score (nSPS) is 10.6. The predicted octanol–water partition coefficient (Wildman–Crippen LogP) is 3.93. The third-order valence-corrected chi connectivity index (χ3v) is 5.32. The lowest BCUT2D eigenvalue weighted by Gasteiger charge is -2.07. The number of nitrogen functional groups attached to an aromatic ring is 2. The number of thiazole rings is 1. The Balaban J connectivity index is 2.25. The summed E-state index contributed by atoms with van der Waals surface area (Å²) in [5.74, 6) is 0.186. The fourth-order valence-corrected chi connectivity index (χ4v) is 3.97. The highest BCUT2D eigenvalue weighted by Gasteiger charge is 2.17. The van der Waals surface area contributed by atoms with Gasteiger partial charge in [-0.05, 0) is 25.1 Å². The molecule has 4 N–H and O–H groups in total. The molecule has 0 amide bonds. The summed E-state index contributed by atoms with van der Waals surface area (Å²) in [6, 6.07) is 7.59. The molecule has 0 aromatic carbocycles. The third-order valence-electron chi connectivity index (χ3n) is 3.04. The van der Waals surface area contributed by atoms with Gasteiger partial charge in [-0.15, -0.1) is 11.3 Å². The van der Waals surface area contributed by atoms with Gasteiger partial charge in [-0.25, -0.2) is 9.97 Å². The average molecular weight is 348 g/mol. The number of thiophene rings is 1. The van der Waals surface area contributed by atoms with Gasteiger partial charge in [0, 0.05) is 10.4 Å². The molecule has 0 aliphatic rings. The van der Waals surface area contributed by atoms with Crippen molar-refractivity contribution in [1.82, 2.24) is 9.97 Å². The van der Waals surface area contributed by atoms with Gasteiger partial charge in [0.25, 0.3) is 0 Å². The van der Waals surface area contributed by atoms with Crippen LogP contribution in [0.5, 0.6) is 0 Å². The third kappa shape index (κ3) is 2.52. The molecule has 0 aliphatic carbocycles. The zero-order valence-electron chi connectivity index (χ0n) is 11.4. The summed E-state index contributed by atoms with van der Waals surface area (Å²) in [4.78, 5) is 10.2. The van der Waals surface area contributed by atoms with Crippen LogP contribution >= 0.6 is 34.3 Å². The summed E-state index contributed by atoms with van der Waals surface area (Å²) in [7, 11) is 0. The quantitative estimate of drug-likeness (QED) is 0.731. The summed E-state index contributed by atoms with van der Waals surface area (Å²) in [5, 5.41) is 9.83. The molecule has 0 spiro atoms. The van der Waals surface area contributed by atoms with Crippen LogP contribution in [0.25, 0.3) is 21.0 Å². The molecular weight excluding hydrogens is 338 g/mol. The zero-order chi connectivity index (χ0) is 15.9. The SMILES string of the molecule is Cc1nc(N)sc1-c1cc(-c2ccc(Cl)s2)c(C#N)c(N)n1. The lowest BCUT2D eigenvalue weighted by Crippen LogP contribution is -1.99. The van der Waals surface area contributed by atoms with Crippen molar-refractivity contribution in [2.24, 2.45) is 0 Å². The van der Waals surface area contributed by atoms with E-state index in [4.69, 9.17) is 23.1 Å². The van der Waals surface area contributed by atoms with Crippen LogP contribution < -0.4 is 11.5 Å². The number of rotatable bonds is 2. The topological polar surface area (TPSA) is 102 Å². The summed E-state index contributed by atoms with van der Waals surface area (Å²) >= 11 is 8.72. The van der Waals surface area contributed by atoms with Gasteiger partial charge in [-0.3, -0.25) is 0 Å². The van der Waals surface area contributed by atoms with E-state index in [9.17, 15) is 5.26 Å². The molecule has 22 heavy (non-hydrogen) atoms. The first-order valence-corrected chi connectivity index (χ1v) is 8.20. The van der Waals surface area contributed by atoms with E-state index in [2.05, 4.69) is 16.0 Å². The predicted molar refractivity (Wildman–Crippen MR) is 91.9 cm³/mol. The lowest BCUT2D eigenvalue weighted by molar-refractivity contribution is 1.25. The largest absolute Gasteiger partial charge is 0.383 e. The maximum atomic E-state index is 9.36. The maximum Gasteiger partial charge on any atom is 0.180 e. The molecule has 0 bridgehead atoms. The molecule has 0 saturated carbocycles. The molecule has 110 valence electrons. The minimum absolute atomic E-state index is 0.186. The first-order chi connectivity index (χ1) is 10.5.